The molecule has 46 heavy (non-hydrogen) atoms. The van der Waals surface area contributed by atoms with Crippen LogP contribution in [0.25, 0.3) is 10.9 Å². The Morgan fingerprint density at radius 2 is 1.54 bits per heavy atom. The number of methoxy groups -OCH3 is 2. The Balaban J connectivity index is 0.00000111. The van der Waals surface area contributed by atoms with Crippen molar-refractivity contribution in [3.8, 4) is 17.2 Å². The number of phenols is 1. The van der Waals surface area contributed by atoms with Crippen LogP contribution in [0.15, 0.2) is 88.5 Å². The maximum Gasteiger partial charge on any atom is 0.213 e. The Labute approximate surface area is 308 Å². The number of alkyl halides is 2. The van der Waals surface area contributed by atoms with E-state index in [1.807, 2.05) is 42.0 Å². The molecule has 2 aliphatic heterocycles. The first kappa shape index (κ1) is 38.5. The molecule has 0 spiro atoms. The van der Waals surface area contributed by atoms with Crippen molar-refractivity contribution in [1.82, 2.24) is 0 Å². The molecule has 9 heteroatoms. The number of benzene rings is 3. The van der Waals surface area contributed by atoms with Crippen molar-refractivity contribution in [3.63, 3.8) is 0 Å². The lowest BCUT2D eigenvalue weighted by atomic mass is 9.86. The van der Waals surface area contributed by atoms with E-state index in [4.69, 9.17) is 9.47 Å². The number of rotatable bonds is 9. The van der Waals surface area contributed by atoms with Crippen LogP contribution in [0.1, 0.15) is 30.5 Å². The van der Waals surface area contributed by atoms with Gasteiger partial charge in [0.15, 0.2) is 12.7 Å². The molecule has 0 radical (unpaired) electrons. The van der Waals surface area contributed by atoms with Gasteiger partial charge in [-0.3, -0.25) is 0 Å². The molecular weight excluding hydrogens is 840 g/mol. The van der Waals surface area contributed by atoms with Crippen LogP contribution in [0.2, 0.25) is 0 Å². The van der Waals surface area contributed by atoms with E-state index < -0.39 is 0 Å². The Morgan fingerprint density at radius 3 is 2.24 bits per heavy atom. The van der Waals surface area contributed by atoms with Crippen molar-refractivity contribution in [2.45, 2.75) is 39.4 Å². The number of piperidine rings is 1. The van der Waals surface area contributed by atoms with Crippen molar-refractivity contribution in [3.05, 3.63) is 105 Å². The number of hydrogen-bond donors (Lipinski definition) is 1. The van der Waals surface area contributed by atoms with Crippen molar-refractivity contribution < 1.29 is 23.6 Å². The summed E-state index contributed by atoms with van der Waals surface area (Å²) in [6, 6.07) is 20.9. The molecule has 0 amide bonds. The topological polar surface area (TPSA) is 42.6 Å². The second kappa shape index (κ2) is 17.5. The fourth-order valence-electron chi connectivity index (χ4n) is 7.35. The summed E-state index contributed by atoms with van der Waals surface area (Å²) in [7, 11) is 3.43. The number of hydrogen-bond acceptors (Lipinski definition) is 3. The van der Waals surface area contributed by atoms with Gasteiger partial charge in [-0.15, -0.1) is 6.58 Å². The molecule has 2 fully saturated rings. The summed E-state index contributed by atoms with van der Waals surface area (Å²) in [5.41, 5.74) is 4.86. The molecule has 248 valence electrons. The minimum absolute atomic E-state index is 0. The molecule has 0 saturated carbocycles. The number of halogens is 4. The van der Waals surface area contributed by atoms with Crippen molar-refractivity contribution in [2.24, 2.45) is 11.8 Å². The summed E-state index contributed by atoms with van der Waals surface area (Å²) < 4.78 is 16.6. The summed E-state index contributed by atoms with van der Waals surface area (Å²) in [6.07, 6.45) is 6.60. The third-order valence-corrected chi connectivity index (χ3v) is 10.9. The number of phenolic OH excluding ortho intramolecular Hbond substituents is 1. The van der Waals surface area contributed by atoms with E-state index >= 15 is 0 Å². The third kappa shape index (κ3) is 8.03. The van der Waals surface area contributed by atoms with Crippen LogP contribution in [0, 0.1) is 11.8 Å². The third-order valence-electron chi connectivity index (χ3n) is 9.38. The van der Waals surface area contributed by atoms with Gasteiger partial charge in [-0.2, -0.15) is 4.57 Å². The van der Waals surface area contributed by atoms with Crippen LogP contribution < -0.4 is 14.0 Å². The largest absolute Gasteiger partial charge is 0.508 e. The molecule has 4 atom stereocenters. The summed E-state index contributed by atoms with van der Waals surface area (Å²) in [4.78, 5) is 0. The second-order valence-corrected chi connectivity index (χ2v) is 13.2. The summed E-state index contributed by atoms with van der Waals surface area (Å²) in [5.74, 6) is 6.77. The SMILES string of the molecule is C.C=CC1C[N+]2(Cc3cc(O)ccc3Br)CCC1C2Cc1cc[n+](Cc2cc(OC)ccc2Br)c2ccc(OC)cc12.CBr.CBr. The molecular formula is C37H46Br4N2O3+2. The molecule has 4 unspecified atom stereocenters. The molecule has 4 aromatic rings. The molecule has 3 heterocycles. The van der Waals surface area contributed by atoms with Crippen LogP contribution in [0.4, 0.5) is 0 Å². The first-order valence-electron chi connectivity index (χ1n) is 14.9. The van der Waals surface area contributed by atoms with Crippen molar-refractivity contribution in [2.75, 3.05) is 39.0 Å². The number of pyridine rings is 1. The maximum absolute atomic E-state index is 10.3. The Bertz CT molecular complexity index is 1630. The average Bonchev–Trinajstić information content (AvgIpc) is 3.56. The van der Waals surface area contributed by atoms with Crippen LogP contribution in [0.5, 0.6) is 17.2 Å². The maximum atomic E-state index is 10.3. The minimum Gasteiger partial charge on any atom is -0.508 e. The molecule has 0 aliphatic carbocycles. The minimum atomic E-state index is 0. The van der Waals surface area contributed by atoms with Gasteiger partial charge in [-0.05, 0) is 65.8 Å². The zero-order chi connectivity index (χ0) is 32.7. The number of aromatic hydroxyl groups is 1. The van der Waals surface area contributed by atoms with Gasteiger partial charge in [0.2, 0.25) is 5.52 Å². The number of fused-ring (bicyclic) bond motifs is 3. The Morgan fingerprint density at radius 1 is 0.891 bits per heavy atom. The first-order valence-corrected chi connectivity index (χ1v) is 19.6. The van der Waals surface area contributed by atoms with Gasteiger partial charge in [-0.1, -0.05) is 77.2 Å². The predicted octanol–water partition coefficient (Wildman–Crippen LogP) is 9.85. The molecule has 2 bridgehead atoms. The van der Waals surface area contributed by atoms with E-state index in [0.717, 1.165) is 63.1 Å². The van der Waals surface area contributed by atoms with Gasteiger partial charge >= 0.3 is 0 Å². The van der Waals surface area contributed by atoms with Gasteiger partial charge in [0.05, 0.1) is 38.7 Å². The van der Waals surface area contributed by atoms with E-state index in [-0.39, 0.29) is 7.43 Å². The van der Waals surface area contributed by atoms with E-state index in [1.54, 1.807) is 20.3 Å². The van der Waals surface area contributed by atoms with Gasteiger partial charge in [-0.25, -0.2) is 0 Å². The fourth-order valence-corrected chi connectivity index (χ4v) is 8.10. The van der Waals surface area contributed by atoms with Crippen LogP contribution >= 0.6 is 63.7 Å². The summed E-state index contributed by atoms with van der Waals surface area (Å²) >= 11 is 13.4. The van der Waals surface area contributed by atoms with E-state index in [9.17, 15) is 5.11 Å². The van der Waals surface area contributed by atoms with Crippen molar-refractivity contribution in [1.29, 1.82) is 0 Å². The van der Waals surface area contributed by atoms with Gasteiger partial charge in [0.1, 0.15) is 23.8 Å². The quantitative estimate of drug-likeness (QED) is 0.0789. The van der Waals surface area contributed by atoms with Gasteiger partial charge in [0, 0.05) is 56.9 Å². The molecule has 1 N–H and O–H groups in total. The molecule has 3 aromatic carbocycles. The first-order chi connectivity index (χ1) is 21.8. The Hall–Kier alpha value is -1.91. The van der Waals surface area contributed by atoms with Gasteiger partial charge in [0.25, 0.3) is 0 Å². The second-order valence-electron chi connectivity index (χ2n) is 11.5. The zero-order valence-electron chi connectivity index (χ0n) is 26.3. The smallest absolute Gasteiger partial charge is 0.213 e. The average molecular weight is 886 g/mol. The zero-order valence-corrected chi connectivity index (χ0v) is 32.6. The molecule has 6 rings (SSSR count). The molecule has 2 saturated heterocycles. The summed E-state index contributed by atoms with van der Waals surface area (Å²) in [5, 5.41) is 11.5. The lowest BCUT2D eigenvalue weighted by Crippen LogP contribution is -2.50. The van der Waals surface area contributed by atoms with E-state index in [2.05, 4.69) is 111 Å². The van der Waals surface area contributed by atoms with E-state index in [0.29, 0.717) is 23.6 Å². The van der Waals surface area contributed by atoms with Crippen LogP contribution in [0.3, 0.4) is 0 Å². The number of ether oxygens (including phenoxy) is 2. The highest BCUT2D eigenvalue weighted by atomic mass is 79.9. The summed E-state index contributed by atoms with van der Waals surface area (Å²) in [6.45, 7) is 8.09. The molecule has 1 aromatic heterocycles. The predicted molar refractivity (Wildman–Crippen MR) is 206 cm³/mol. The van der Waals surface area contributed by atoms with Gasteiger partial charge < -0.3 is 19.1 Å². The van der Waals surface area contributed by atoms with E-state index in [1.165, 1.54) is 28.5 Å². The normalized spacial score (nSPS) is 20.9. The standard InChI is InChI=1S/C34H35Br2N2O3.2CH3Br.CH4/c1-4-22-20-38(21-25-15-26(39)5-8-32(25)36)14-12-29(22)34(38)17-23-11-13-37(33-10-7-28(41-3)18-30(23)33)19-24-16-27(40-2)6-9-31(24)35;2*1-2;/h4-11,13,15-16,18,22,29,34H,1,12,14,17,19-21H2,2-3H3;2*1H3;1H4/q+1;;;/p+1. The molecule has 2 aliphatic rings. The lowest BCUT2D eigenvalue weighted by Gasteiger charge is -2.38. The highest BCUT2D eigenvalue weighted by Gasteiger charge is 2.57. The highest BCUT2D eigenvalue weighted by molar-refractivity contribution is 9.11. The van der Waals surface area contributed by atoms with Crippen molar-refractivity contribution >= 4 is 74.6 Å². The Kier molecular flexibility index (Phi) is 14.6. The lowest BCUT2D eigenvalue weighted by molar-refractivity contribution is -0.944. The monoisotopic (exact) mass is 882 g/mol. The number of quaternary nitrogens is 1. The highest BCUT2D eigenvalue weighted by Crippen LogP contribution is 2.49. The fraction of sp³-hybridized carbons (Fsp3) is 0.378. The van der Waals surface area contributed by atoms with Crippen LogP contribution in [-0.4, -0.2) is 54.6 Å². The number of nitrogens with zero attached hydrogens (tertiary/aromatic N) is 2. The van der Waals surface area contributed by atoms with Crippen LogP contribution in [-0.2, 0) is 19.5 Å². The molecule has 5 nitrogen and oxygen atoms in total. The number of aromatic nitrogens is 1.